The molecule has 0 aliphatic heterocycles. The quantitative estimate of drug-likeness (QED) is 0.343. The number of nitrogens with zero attached hydrogens (tertiary/aromatic N) is 4. The number of rotatable bonds is 6. The number of hydrogen-bond acceptors (Lipinski definition) is 5. The molecule has 9 heteroatoms. The number of aromatic nitrogens is 5. The minimum absolute atomic E-state index is 0.152. The van der Waals surface area contributed by atoms with E-state index in [4.69, 9.17) is 0 Å². The van der Waals surface area contributed by atoms with Crippen LogP contribution in [-0.4, -0.2) is 37.0 Å². The van der Waals surface area contributed by atoms with Gasteiger partial charge in [-0.05, 0) is 34.5 Å². The summed E-state index contributed by atoms with van der Waals surface area (Å²) in [4.78, 5) is 29.3. The van der Waals surface area contributed by atoms with Crippen LogP contribution in [0.15, 0.2) is 85.1 Å². The first-order chi connectivity index (χ1) is 16.7. The van der Waals surface area contributed by atoms with Crippen molar-refractivity contribution in [1.29, 1.82) is 0 Å². The summed E-state index contributed by atoms with van der Waals surface area (Å²) in [6.07, 6.45) is 1.96. The van der Waals surface area contributed by atoms with Crippen molar-refractivity contribution in [2.45, 2.75) is 13.0 Å². The number of benzene rings is 3. The zero-order chi connectivity index (χ0) is 23.3. The van der Waals surface area contributed by atoms with Gasteiger partial charge in [-0.3, -0.25) is 20.4 Å². The van der Waals surface area contributed by atoms with E-state index in [9.17, 15) is 9.59 Å². The molecule has 2 amide bonds. The number of carbonyl (C=O) groups is 2. The lowest BCUT2D eigenvalue weighted by atomic mass is 10.1. The second-order valence-electron chi connectivity index (χ2n) is 7.74. The van der Waals surface area contributed by atoms with Gasteiger partial charge in [0.05, 0.1) is 13.0 Å². The minimum Gasteiger partial charge on any atom is -0.361 e. The van der Waals surface area contributed by atoms with Crippen molar-refractivity contribution in [3.63, 3.8) is 0 Å². The van der Waals surface area contributed by atoms with Crippen LogP contribution in [0.25, 0.3) is 22.3 Å². The molecular formula is C25H21N7O2. The monoisotopic (exact) mass is 451 g/mol. The molecule has 0 unspecified atom stereocenters. The summed E-state index contributed by atoms with van der Waals surface area (Å²) in [6, 6.07) is 24.4. The van der Waals surface area contributed by atoms with Crippen molar-refractivity contribution in [1.82, 2.24) is 36.0 Å². The van der Waals surface area contributed by atoms with Gasteiger partial charge in [0.25, 0.3) is 5.91 Å². The summed E-state index contributed by atoms with van der Waals surface area (Å²) in [5.74, 6) is -0.148. The molecule has 0 saturated heterocycles. The van der Waals surface area contributed by atoms with Crippen LogP contribution >= 0.6 is 0 Å². The molecule has 0 fully saturated rings. The van der Waals surface area contributed by atoms with E-state index in [-0.39, 0.29) is 12.3 Å². The number of fused-ring (bicyclic) bond motifs is 1. The highest BCUT2D eigenvalue weighted by Crippen LogP contribution is 2.18. The zero-order valence-corrected chi connectivity index (χ0v) is 18.1. The fourth-order valence-corrected chi connectivity index (χ4v) is 3.63. The first kappa shape index (κ1) is 21.1. The molecule has 0 spiro atoms. The first-order valence-electron chi connectivity index (χ1n) is 10.7. The van der Waals surface area contributed by atoms with Crippen LogP contribution in [-0.2, 0) is 17.8 Å². The number of H-pyrrole nitrogens is 1. The van der Waals surface area contributed by atoms with Gasteiger partial charge in [0, 0.05) is 28.2 Å². The Morgan fingerprint density at radius 3 is 2.47 bits per heavy atom. The molecule has 0 bridgehead atoms. The Labute approximate surface area is 194 Å². The molecule has 2 heterocycles. The van der Waals surface area contributed by atoms with Gasteiger partial charge in [-0.2, -0.15) is 4.80 Å². The van der Waals surface area contributed by atoms with Gasteiger partial charge in [-0.1, -0.05) is 60.7 Å². The highest BCUT2D eigenvalue weighted by molar-refractivity contribution is 5.96. The van der Waals surface area contributed by atoms with Crippen molar-refractivity contribution in [2.75, 3.05) is 0 Å². The predicted octanol–water partition coefficient (Wildman–Crippen LogP) is 2.87. The van der Waals surface area contributed by atoms with Crippen LogP contribution in [0.2, 0.25) is 0 Å². The minimum atomic E-state index is -0.399. The van der Waals surface area contributed by atoms with Crippen LogP contribution in [0.1, 0.15) is 21.5 Å². The molecular weight excluding hydrogens is 430 g/mol. The number of hydrogen-bond donors (Lipinski definition) is 3. The summed E-state index contributed by atoms with van der Waals surface area (Å²) >= 11 is 0. The maximum atomic E-state index is 12.4. The summed E-state index contributed by atoms with van der Waals surface area (Å²) in [7, 11) is 0. The Balaban J connectivity index is 1.15. The SMILES string of the molecule is O=C(Cc1c[nH]c2ccccc12)NNC(=O)c1ccc(Cn2nnc(-c3ccccc3)n2)cc1. The van der Waals surface area contributed by atoms with Gasteiger partial charge in [0.15, 0.2) is 0 Å². The van der Waals surface area contributed by atoms with E-state index in [2.05, 4.69) is 31.2 Å². The number of amides is 2. The molecule has 3 N–H and O–H groups in total. The van der Waals surface area contributed by atoms with Crippen molar-refractivity contribution in [2.24, 2.45) is 0 Å². The lowest BCUT2D eigenvalue weighted by Gasteiger charge is -2.08. The molecule has 2 aromatic heterocycles. The molecule has 34 heavy (non-hydrogen) atoms. The summed E-state index contributed by atoms with van der Waals surface area (Å²) in [5.41, 5.74) is 9.00. The molecule has 3 aromatic carbocycles. The summed E-state index contributed by atoms with van der Waals surface area (Å²) < 4.78 is 0. The molecule has 5 rings (SSSR count). The van der Waals surface area contributed by atoms with E-state index < -0.39 is 5.91 Å². The topological polar surface area (TPSA) is 118 Å². The summed E-state index contributed by atoms with van der Waals surface area (Å²) in [5, 5.41) is 13.6. The molecule has 168 valence electrons. The normalized spacial score (nSPS) is 10.8. The largest absolute Gasteiger partial charge is 0.361 e. The van der Waals surface area contributed by atoms with Gasteiger partial charge in [-0.15, -0.1) is 10.2 Å². The molecule has 0 atom stereocenters. The number of tetrazole rings is 1. The highest BCUT2D eigenvalue weighted by atomic mass is 16.2. The first-order valence-corrected chi connectivity index (χ1v) is 10.7. The lowest BCUT2D eigenvalue weighted by molar-refractivity contribution is -0.121. The zero-order valence-electron chi connectivity index (χ0n) is 18.1. The molecule has 0 aliphatic rings. The third kappa shape index (κ3) is 4.68. The van der Waals surface area contributed by atoms with Gasteiger partial charge < -0.3 is 4.98 Å². The number of carbonyl (C=O) groups excluding carboxylic acids is 2. The van der Waals surface area contributed by atoms with Crippen LogP contribution in [0.5, 0.6) is 0 Å². The smallest absolute Gasteiger partial charge is 0.269 e. The fourth-order valence-electron chi connectivity index (χ4n) is 3.63. The van der Waals surface area contributed by atoms with E-state index in [0.717, 1.165) is 27.6 Å². The van der Waals surface area contributed by atoms with Crippen LogP contribution in [0.3, 0.4) is 0 Å². The second-order valence-corrected chi connectivity index (χ2v) is 7.74. The average molecular weight is 451 g/mol. The third-order valence-corrected chi connectivity index (χ3v) is 5.37. The Bertz CT molecular complexity index is 1440. The molecule has 0 aliphatic carbocycles. The molecule has 5 aromatic rings. The molecule has 0 saturated carbocycles. The lowest BCUT2D eigenvalue weighted by Crippen LogP contribution is -2.42. The molecule has 0 radical (unpaired) electrons. The van der Waals surface area contributed by atoms with E-state index in [0.29, 0.717) is 17.9 Å². The van der Waals surface area contributed by atoms with Crippen molar-refractivity contribution < 1.29 is 9.59 Å². The van der Waals surface area contributed by atoms with E-state index in [1.807, 2.05) is 66.7 Å². The van der Waals surface area contributed by atoms with Crippen LogP contribution in [0.4, 0.5) is 0 Å². The highest BCUT2D eigenvalue weighted by Gasteiger charge is 2.11. The standard InChI is InChI=1S/C25H21N7O2/c33-23(14-20-15-26-22-9-5-4-8-21(20)22)27-29-25(34)19-12-10-17(11-13-19)16-32-30-24(28-31-32)18-6-2-1-3-7-18/h1-13,15,26H,14,16H2,(H,27,33)(H,29,34). The Morgan fingerprint density at radius 1 is 0.882 bits per heavy atom. The Kier molecular flexibility index (Phi) is 5.81. The van der Waals surface area contributed by atoms with Crippen molar-refractivity contribution in [3.05, 3.63) is 102 Å². The van der Waals surface area contributed by atoms with Crippen molar-refractivity contribution in [3.8, 4) is 11.4 Å². The molecule has 9 nitrogen and oxygen atoms in total. The summed E-state index contributed by atoms with van der Waals surface area (Å²) in [6.45, 7) is 0.420. The predicted molar refractivity (Wildman–Crippen MR) is 126 cm³/mol. The van der Waals surface area contributed by atoms with E-state index >= 15 is 0 Å². The van der Waals surface area contributed by atoms with E-state index in [1.54, 1.807) is 18.3 Å². The van der Waals surface area contributed by atoms with Crippen molar-refractivity contribution >= 4 is 22.7 Å². The van der Waals surface area contributed by atoms with Gasteiger partial charge in [0.2, 0.25) is 11.7 Å². The van der Waals surface area contributed by atoms with Crippen LogP contribution < -0.4 is 10.9 Å². The number of aromatic amines is 1. The maximum absolute atomic E-state index is 12.4. The number of para-hydroxylation sites is 1. The third-order valence-electron chi connectivity index (χ3n) is 5.37. The Morgan fingerprint density at radius 2 is 1.65 bits per heavy atom. The Hall–Kier alpha value is -4.79. The number of hydrazine groups is 1. The van der Waals surface area contributed by atoms with Gasteiger partial charge in [-0.25, -0.2) is 0 Å². The van der Waals surface area contributed by atoms with E-state index in [1.165, 1.54) is 4.80 Å². The van der Waals surface area contributed by atoms with Gasteiger partial charge >= 0.3 is 0 Å². The number of nitrogens with one attached hydrogen (secondary N) is 3. The fraction of sp³-hybridized carbons (Fsp3) is 0.0800. The van der Waals surface area contributed by atoms with Crippen LogP contribution in [0, 0.1) is 0 Å². The maximum Gasteiger partial charge on any atom is 0.269 e. The second kappa shape index (κ2) is 9.37. The average Bonchev–Trinajstić information content (AvgIpc) is 3.51. The van der Waals surface area contributed by atoms with Gasteiger partial charge in [0.1, 0.15) is 0 Å².